The molecule has 0 fully saturated rings. The molecule has 0 unspecified atom stereocenters. The van der Waals surface area contributed by atoms with E-state index in [0.29, 0.717) is 12.5 Å². The molecule has 0 aliphatic rings. The van der Waals surface area contributed by atoms with Crippen LogP contribution in [0.5, 0.6) is 6.01 Å². The van der Waals surface area contributed by atoms with Gasteiger partial charge in [-0.3, -0.25) is 0 Å². The predicted molar refractivity (Wildman–Crippen MR) is 74.8 cm³/mol. The molecule has 0 aliphatic carbocycles. The Morgan fingerprint density at radius 3 is 2.74 bits per heavy atom. The number of nitrogens with zero attached hydrogens (tertiary/aromatic N) is 4. The van der Waals surface area contributed by atoms with E-state index in [4.69, 9.17) is 16.3 Å². The molecule has 0 aromatic carbocycles. The minimum absolute atomic E-state index is 0.0208. The molecule has 6 nitrogen and oxygen atoms in total. The number of thiazole rings is 1. The second kappa shape index (κ2) is 6.12. The summed E-state index contributed by atoms with van der Waals surface area (Å²) in [6, 6.07) is 0.215. The topological polar surface area (TPSA) is 72.8 Å². The maximum Gasteiger partial charge on any atom is 0.322 e. The molecule has 8 heteroatoms. The Morgan fingerprint density at radius 2 is 2.11 bits per heavy atom. The first-order valence-electron chi connectivity index (χ1n) is 5.76. The van der Waals surface area contributed by atoms with E-state index in [0.717, 1.165) is 10.7 Å². The molecular weight excluding hydrogens is 286 g/mol. The molecule has 0 amide bonds. The van der Waals surface area contributed by atoms with E-state index in [1.165, 1.54) is 0 Å². The van der Waals surface area contributed by atoms with Gasteiger partial charge in [0.2, 0.25) is 11.2 Å². The SMILES string of the molecule is Cc1nc(CNc2nc(Cl)nc(OC(C)C)n2)cs1. The zero-order valence-corrected chi connectivity index (χ0v) is 12.4. The van der Waals surface area contributed by atoms with Crippen molar-refractivity contribution in [3.8, 4) is 6.01 Å². The lowest BCUT2D eigenvalue weighted by Gasteiger charge is -2.09. The number of aromatic nitrogens is 4. The Balaban J connectivity index is 2.05. The molecule has 0 radical (unpaired) electrons. The highest BCUT2D eigenvalue weighted by molar-refractivity contribution is 7.09. The summed E-state index contributed by atoms with van der Waals surface area (Å²) in [7, 11) is 0. The predicted octanol–water partition coefficient (Wildman–Crippen LogP) is 2.69. The average Bonchev–Trinajstić information content (AvgIpc) is 2.71. The lowest BCUT2D eigenvalue weighted by atomic mass is 10.5. The van der Waals surface area contributed by atoms with Gasteiger partial charge in [-0.2, -0.15) is 15.0 Å². The molecule has 1 N–H and O–H groups in total. The number of rotatable bonds is 5. The number of aryl methyl sites for hydroxylation is 1. The van der Waals surface area contributed by atoms with E-state index >= 15 is 0 Å². The minimum atomic E-state index is -0.0208. The van der Waals surface area contributed by atoms with Crippen molar-refractivity contribution >= 4 is 28.9 Å². The first-order valence-corrected chi connectivity index (χ1v) is 7.02. The normalized spacial score (nSPS) is 10.8. The van der Waals surface area contributed by atoms with E-state index in [1.807, 2.05) is 26.2 Å². The third kappa shape index (κ3) is 4.29. The fourth-order valence-corrected chi connectivity index (χ4v) is 2.10. The summed E-state index contributed by atoms with van der Waals surface area (Å²) < 4.78 is 5.39. The Morgan fingerprint density at radius 1 is 1.32 bits per heavy atom. The van der Waals surface area contributed by atoms with Crippen molar-refractivity contribution in [3.05, 3.63) is 21.4 Å². The van der Waals surface area contributed by atoms with Gasteiger partial charge in [-0.05, 0) is 32.4 Å². The van der Waals surface area contributed by atoms with Gasteiger partial charge in [0.15, 0.2) is 0 Å². The summed E-state index contributed by atoms with van der Waals surface area (Å²) >= 11 is 7.42. The van der Waals surface area contributed by atoms with E-state index < -0.39 is 0 Å². The molecule has 2 heterocycles. The number of nitrogens with one attached hydrogen (secondary N) is 1. The van der Waals surface area contributed by atoms with Crippen LogP contribution in [0.2, 0.25) is 5.28 Å². The van der Waals surface area contributed by atoms with Crippen molar-refractivity contribution in [2.24, 2.45) is 0 Å². The summed E-state index contributed by atoms with van der Waals surface area (Å²) in [5.41, 5.74) is 0.936. The van der Waals surface area contributed by atoms with Gasteiger partial charge in [-0.15, -0.1) is 11.3 Å². The van der Waals surface area contributed by atoms with Crippen molar-refractivity contribution in [2.75, 3.05) is 5.32 Å². The van der Waals surface area contributed by atoms with Crippen molar-refractivity contribution in [3.63, 3.8) is 0 Å². The van der Waals surface area contributed by atoms with Gasteiger partial charge in [0.1, 0.15) is 0 Å². The van der Waals surface area contributed by atoms with Crippen LogP contribution in [-0.2, 0) is 6.54 Å². The minimum Gasteiger partial charge on any atom is -0.461 e. The molecule has 0 spiro atoms. The molecule has 19 heavy (non-hydrogen) atoms. The zero-order chi connectivity index (χ0) is 13.8. The molecule has 0 atom stereocenters. The van der Waals surface area contributed by atoms with Crippen LogP contribution in [0.15, 0.2) is 5.38 Å². The maximum absolute atomic E-state index is 5.82. The van der Waals surface area contributed by atoms with E-state index in [1.54, 1.807) is 11.3 Å². The van der Waals surface area contributed by atoms with Gasteiger partial charge >= 0.3 is 6.01 Å². The first kappa shape index (κ1) is 14.0. The Kier molecular flexibility index (Phi) is 4.49. The highest BCUT2D eigenvalue weighted by Gasteiger charge is 2.08. The van der Waals surface area contributed by atoms with Crippen molar-refractivity contribution in [2.45, 2.75) is 33.4 Å². The highest BCUT2D eigenvalue weighted by Crippen LogP contribution is 2.14. The highest BCUT2D eigenvalue weighted by atomic mass is 35.5. The third-order valence-electron chi connectivity index (χ3n) is 2.02. The van der Waals surface area contributed by atoms with Crippen LogP contribution in [0.4, 0.5) is 5.95 Å². The second-order valence-electron chi connectivity index (χ2n) is 4.09. The smallest absolute Gasteiger partial charge is 0.322 e. The van der Waals surface area contributed by atoms with Crippen LogP contribution in [0.3, 0.4) is 0 Å². The van der Waals surface area contributed by atoms with Gasteiger partial charge in [0.25, 0.3) is 0 Å². The van der Waals surface area contributed by atoms with E-state index in [-0.39, 0.29) is 17.4 Å². The van der Waals surface area contributed by atoms with Gasteiger partial charge in [-0.1, -0.05) is 0 Å². The molecule has 2 rings (SSSR count). The summed E-state index contributed by atoms with van der Waals surface area (Å²) in [5, 5.41) is 6.15. The largest absolute Gasteiger partial charge is 0.461 e. The Bertz CT molecular complexity index is 560. The number of hydrogen-bond acceptors (Lipinski definition) is 7. The summed E-state index contributed by atoms with van der Waals surface area (Å²) in [6.07, 6.45) is -0.0208. The number of ether oxygens (including phenoxy) is 1. The fraction of sp³-hybridized carbons (Fsp3) is 0.455. The van der Waals surface area contributed by atoms with E-state index in [9.17, 15) is 0 Å². The van der Waals surface area contributed by atoms with Crippen LogP contribution < -0.4 is 10.1 Å². The van der Waals surface area contributed by atoms with Crippen molar-refractivity contribution in [1.29, 1.82) is 0 Å². The van der Waals surface area contributed by atoms with Crippen LogP contribution in [0, 0.1) is 6.92 Å². The number of hydrogen-bond donors (Lipinski definition) is 1. The van der Waals surface area contributed by atoms with Gasteiger partial charge in [0, 0.05) is 5.38 Å². The lowest BCUT2D eigenvalue weighted by Crippen LogP contribution is -2.11. The molecule has 0 bridgehead atoms. The zero-order valence-electron chi connectivity index (χ0n) is 10.8. The number of halogens is 1. The molecule has 0 aliphatic heterocycles. The molecular formula is C11H14ClN5OS. The van der Waals surface area contributed by atoms with Gasteiger partial charge in [-0.25, -0.2) is 4.98 Å². The Labute approximate surface area is 120 Å². The average molecular weight is 300 g/mol. The monoisotopic (exact) mass is 299 g/mol. The van der Waals surface area contributed by atoms with Gasteiger partial charge in [0.05, 0.1) is 23.4 Å². The molecule has 0 saturated heterocycles. The maximum atomic E-state index is 5.82. The Hall–Kier alpha value is -1.47. The number of anilines is 1. The standard InChI is InChI=1S/C11H14ClN5OS/c1-6(2)18-11-16-9(12)15-10(17-11)13-4-8-5-19-7(3)14-8/h5-6H,4H2,1-3H3,(H,13,15,16,17). The fourth-order valence-electron chi connectivity index (χ4n) is 1.33. The van der Waals surface area contributed by atoms with Crippen LogP contribution in [0.1, 0.15) is 24.5 Å². The molecule has 0 saturated carbocycles. The van der Waals surface area contributed by atoms with E-state index in [2.05, 4.69) is 25.3 Å². The molecule has 2 aromatic rings. The summed E-state index contributed by atoms with van der Waals surface area (Å²) in [5.74, 6) is 0.376. The lowest BCUT2D eigenvalue weighted by molar-refractivity contribution is 0.222. The summed E-state index contributed by atoms with van der Waals surface area (Å²) in [6.45, 7) is 6.28. The van der Waals surface area contributed by atoms with Crippen LogP contribution in [-0.4, -0.2) is 26.0 Å². The quantitative estimate of drug-likeness (QED) is 0.915. The van der Waals surface area contributed by atoms with Crippen LogP contribution >= 0.6 is 22.9 Å². The third-order valence-corrected chi connectivity index (χ3v) is 3.01. The summed E-state index contributed by atoms with van der Waals surface area (Å²) in [4.78, 5) is 16.4. The first-order chi connectivity index (χ1) is 9.02. The van der Waals surface area contributed by atoms with Crippen LogP contribution in [0.25, 0.3) is 0 Å². The van der Waals surface area contributed by atoms with Gasteiger partial charge < -0.3 is 10.1 Å². The van der Waals surface area contributed by atoms with Crippen molar-refractivity contribution < 1.29 is 4.74 Å². The molecule has 2 aromatic heterocycles. The molecule has 102 valence electrons. The second-order valence-corrected chi connectivity index (χ2v) is 5.49. The van der Waals surface area contributed by atoms with Crippen molar-refractivity contribution in [1.82, 2.24) is 19.9 Å².